The minimum Gasteiger partial charge on any atom is -0.481 e. The number of carbonyl (C=O) groups excluding carboxylic acids is 1. The van der Waals surface area contributed by atoms with E-state index in [1.54, 1.807) is 0 Å². The first kappa shape index (κ1) is 24.6. The largest absolute Gasteiger partial charge is 0.481 e. The van der Waals surface area contributed by atoms with Gasteiger partial charge in [0.05, 0.1) is 7.11 Å². The molecule has 0 radical (unpaired) electrons. The van der Waals surface area contributed by atoms with Crippen LogP contribution in [0.15, 0.2) is 60.7 Å². The number of rotatable bonds is 2. The van der Waals surface area contributed by atoms with Crippen molar-refractivity contribution >= 4 is 11.9 Å². The van der Waals surface area contributed by atoms with Gasteiger partial charge in [-0.1, -0.05) is 74.5 Å². The predicted molar refractivity (Wildman–Crippen MR) is 103 cm³/mol. The van der Waals surface area contributed by atoms with Crippen LogP contribution in [0.2, 0.25) is 0 Å². The number of aliphatic carboxylic acids is 1. The first-order valence-corrected chi connectivity index (χ1v) is 8.19. The highest BCUT2D eigenvalue weighted by molar-refractivity contribution is 5.65. The number of carboxylic acids is 1. The minimum atomic E-state index is -0.833. The molecule has 4 heteroatoms. The normalized spacial score (nSPS) is 8.20. The zero-order valence-corrected chi connectivity index (χ0v) is 15.9. The first-order valence-electron chi connectivity index (χ1n) is 8.19. The molecule has 138 valence electrons. The van der Waals surface area contributed by atoms with Crippen LogP contribution in [-0.4, -0.2) is 24.2 Å². The lowest BCUT2D eigenvalue weighted by Gasteiger charge is -1.89. The van der Waals surface area contributed by atoms with E-state index in [1.165, 1.54) is 25.2 Å². The molecule has 1 N–H and O–H groups in total. The molecule has 0 heterocycles. The molecule has 0 aliphatic rings. The van der Waals surface area contributed by atoms with Gasteiger partial charge in [0.25, 0.3) is 5.97 Å². The molecule has 0 aliphatic heterocycles. The highest BCUT2D eigenvalue weighted by Crippen LogP contribution is 1.97. The summed E-state index contributed by atoms with van der Waals surface area (Å²) in [6.07, 6.45) is 2.28. The van der Waals surface area contributed by atoms with E-state index in [0.29, 0.717) is 0 Å². The Morgan fingerprint density at radius 3 is 1.16 bits per heavy atom. The van der Waals surface area contributed by atoms with Crippen molar-refractivity contribution in [3.05, 3.63) is 71.8 Å². The summed E-state index contributed by atoms with van der Waals surface area (Å²) in [6.45, 7) is 6.77. The molecule has 2 aromatic carbocycles. The van der Waals surface area contributed by atoms with E-state index in [9.17, 15) is 4.79 Å². The standard InChI is InChI=1S/2C8H10.C3H6O2.C2H4O2/c2*1-2-8-6-4-3-5-7-8;1-3(4)5-2;1-2(3)4/h2*3-7H,2H2,1H3;1-2H3;1H3,(H,3,4). The highest BCUT2D eigenvalue weighted by Gasteiger charge is 1.80. The van der Waals surface area contributed by atoms with Crippen molar-refractivity contribution in [2.75, 3.05) is 7.11 Å². The lowest BCUT2D eigenvalue weighted by molar-refractivity contribution is -0.138. The molecule has 0 spiro atoms. The lowest BCUT2D eigenvalue weighted by atomic mass is 10.2. The van der Waals surface area contributed by atoms with E-state index in [4.69, 9.17) is 9.90 Å². The monoisotopic (exact) mass is 346 g/mol. The summed E-state index contributed by atoms with van der Waals surface area (Å²) in [7, 11) is 1.35. The maximum atomic E-state index is 9.59. The molecule has 25 heavy (non-hydrogen) atoms. The summed E-state index contributed by atoms with van der Waals surface area (Å²) in [5.41, 5.74) is 2.82. The quantitative estimate of drug-likeness (QED) is 0.796. The molecular formula is C21H30O4. The van der Waals surface area contributed by atoms with Gasteiger partial charge >= 0.3 is 5.97 Å². The second kappa shape index (κ2) is 17.7. The summed E-state index contributed by atoms with van der Waals surface area (Å²) in [5.74, 6) is -1.08. The smallest absolute Gasteiger partial charge is 0.302 e. The summed E-state index contributed by atoms with van der Waals surface area (Å²) in [5, 5.41) is 7.42. The highest BCUT2D eigenvalue weighted by atomic mass is 16.5. The third-order valence-electron chi connectivity index (χ3n) is 2.79. The zero-order chi connectivity index (χ0) is 19.5. The van der Waals surface area contributed by atoms with Gasteiger partial charge in [0, 0.05) is 13.8 Å². The number of esters is 1. The molecule has 2 aromatic rings. The van der Waals surface area contributed by atoms with Crippen LogP contribution in [0.5, 0.6) is 0 Å². The van der Waals surface area contributed by atoms with Crippen molar-refractivity contribution in [1.29, 1.82) is 0 Å². The summed E-state index contributed by atoms with van der Waals surface area (Å²) in [4.78, 5) is 18.6. The molecule has 2 rings (SSSR count). The molecule has 0 saturated carbocycles. The fraction of sp³-hybridized carbons (Fsp3) is 0.333. The molecule has 0 bridgehead atoms. The second-order valence-electron chi connectivity index (χ2n) is 4.89. The van der Waals surface area contributed by atoms with Crippen molar-refractivity contribution in [2.45, 2.75) is 40.5 Å². The van der Waals surface area contributed by atoms with E-state index >= 15 is 0 Å². The average Bonchev–Trinajstić information content (AvgIpc) is 2.63. The summed E-state index contributed by atoms with van der Waals surface area (Å²) >= 11 is 0. The van der Waals surface area contributed by atoms with Gasteiger partial charge in [-0.3, -0.25) is 9.59 Å². The zero-order valence-electron chi connectivity index (χ0n) is 15.9. The Bertz CT molecular complexity index is 507. The maximum Gasteiger partial charge on any atom is 0.302 e. The van der Waals surface area contributed by atoms with Gasteiger partial charge in [-0.25, -0.2) is 0 Å². The van der Waals surface area contributed by atoms with E-state index < -0.39 is 5.97 Å². The Kier molecular flexibility index (Phi) is 17.5. The topological polar surface area (TPSA) is 63.6 Å². The van der Waals surface area contributed by atoms with Crippen molar-refractivity contribution < 1.29 is 19.4 Å². The van der Waals surface area contributed by atoms with Crippen LogP contribution in [0.25, 0.3) is 0 Å². The SMILES string of the molecule is CC(=O)O.CCc1ccccc1.CCc1ccccc1.COC(C)=O. The summed E-state index contributed by atoms with van der Waals surface area (Å²) in [6, 6.07) is 20.9. The van der Waals surface area contributed by atoms with E-state index in [1.807, 2.05) is 12.1 Å². The Balaban J connectivity index is 0. The van der Waals surface area contributed by atoms with Crippen LogP contribution in [0.3, 0.4) is 0 Å². The number of hydrogen-bond donors (Lipinski definition) is 1. The van der Waals surface area contributed by atoms with Crippen molar-refractivity contribution in [1.82, 2.24) is 0 Å². The van der Waals surface area contributed by atoms with Crippen molar-refractivity contribution in [3.63, 3.8) is 0 Å². The molecule has 4 nitrogen and oxygen atoms in total. The summed E-state index contributed by atoms with van der Waals surface area (Å²) < 4.78 is 4.11. The van der Waals surface area contributed by atoms with Gasteiger partial charge in [0.2, 0.25) is 0 Å². The number of aryl methyl sites for hydroxylation is 2. The Morgan fingerprint density at radius 1 is 0.800 bits per heavy atom. The molecule has 0 amide bonds. The maximum absolute atomic E-state index is 9.59. The predicted octanol–water partition coefficient (Wildman–Crippen LogP) is 4.77. The van der Waals surface area contributed by atoms with Crippen LogP contribution in [0, 0.1) is 0 Å². The molecule has 0 saturated heterocycles. The van der Waals surface area contributed by atoms with Crippen molar-refractivity contribution in [3.8, 4) is 0 Å². The van der Waals surface area contributed by atoms with E-state index in [2.05, 4.69) is 67.1 Å². The lowest BCUT2D eigenvalue weighted by Crippen LogP contribution is -1.88. The van der Waals surface area contributed by atoms with Crippen molar-refractivity contribution in [2.24, 2.45) is 0 Å². The number of ether oxygens (including phenoxy) is 1. The molecule has 0 atom stereocenters. The van der Waals surface area contributed by atoms with Crippen LogP contribution in [-0.2, 0) is 27.2 Å². The second-order valence-corrected chi connectivity index (χ2v) is 4.89. The molecule has 0 aromatic heterocycles. The first-order chi connectivity index (χ1) is 11.9. The fourth-order valence-corrected chi connectivity index (χ4v) is 1.43. The van der Waals surface area contributed by atoms with Crippen LogP contribution in [0.1, 0.15) is 38.8 Å². The van der Waals surface area contributed by atoms with Crippen LogP contribution < -0.4 is 0 Å². The van der Waals surface area contributed by atoms with E-state index in [0.717, 1.165) is 19.8 Å². The van der Waals surface area contributed by atoms with Gasteiger partial charge in [-0.05, 0) is 24.0 Å². The fourth-order valence-electron chi connectivity index (χ4n) is 1.43. The average molecular weight is 346 g/mol. The van der Waals surface area contributed by atoms with Gasteiger partial charge in [-0.15, -0.1) is 0 Å². The number of hydrogen-bond acceptors (Lipinski definition) is 3. The van der Waals surface area contributed by atoms with Gasteiger partial charge in [0.15, 0.2) is 0 Å². The number of benzene rings is 2. The number of methoxy groups -OCH3 is 1. The Hall–Kier alpha value is -2.62. The minimum absolute atomic E-state index is 0.245. The Morgan fingerprint density at radius 2 is 1.04 bits per heavy atom. The molecule has 0 unspecified atom stereocenters. The molecular weight excluding hydrogens is 316 g/mol. The Labute approximate surface area is 151 Å². The van der Waals surface area contributed by atoms with Crippen LogP contribution in [0.4, 0.5) is 0 Å². The third-order valence-corrected chi connectivity index (χ3v) is 2.79. The molecule has 0 fully saturated rings. The third kappa shape index (κ3) is 21.4. The number of carbonyl (C=O) groups is 2. The van der Waals surface area contributed by atoms with Gasteiger partial charge in [-0.2, -0.15) is 0 Å². The number of carboxylic acid groups (broad SMARTS) is 1. The molecule has 0 aliphatic carbocycles. The van der Waals surface area contributed by atoms with E-state index in [-0.39, 0.29) is 5.97 Å². The van der Waals surface area contributed by atoms with Gasteiger partial charge in [0.1, 0.15) is 0 Å². The van der Waals surface area contributed by atoms with Crippen LogP contribution >= 0.6 is 0 Å². The van der Waals surface area contributed by atoms with Gasteiger partial charge < -0.3 is 9.84 Å².